The molecule has 1 aliphatic carbocycles. The molecule has 0 aromatic rings. The molecule has 1 rings (SSSR count). The molecule has 1 aliphatic rings. The summed E-state index contributed by atoms with van der Waals surface area (Å²) < 4.78 is 0. The van der Waals surface area contributed by atoms with Crippen LogP contribution >= 0.6 is 0 Å². The van der Waals surface area contributed by atoms with Gasteiger partial charge in [-0.2, -0.15) is 0 Å². The fourth-order valence-corrected chi connectivity index (χ4v) is 2.84. The van der Waals surface area contributed by atoms with Crippen LogP contribution in [0.2, 0.25) is 0 Å². The van der Waals surface area contributed by atoms with Crippen molar-refractivity contribution in [2.24, 2.45) is 5.41 Å². The summed E-state index contributed by atoms with van der Waals surface area (Å²) >= 11 is 0. The lowest BCUT2D eigenvalue weighted by Crippen LogP contribution is -2.19. The van der Waals surface area contributed by atoms with Gasteiger partial charge in [0.2, 0.25) is 0 Å². The van der Waals surface area contributed by atoms with E-state index in [1.807, 2.05) is 19.1 Å². The molecule has 0 radical (unpaired) electrons. The van der Waals surface area contributed by atoms with Gasteiger partial charge in [0, 0.05) is 0 Å². The lowest BCUT2D eigenvalue weighted by molar-refractivity contribution is -0.122. The van der Waals surface area contributed by atoms with Gasteiger partial charge in [-0.1, -0.05) is 67.0 Å². The second kappa shape index (κ2) is 11.6. The van der Waals surface area contributed by atoms with Crippen LogP contribution in [0.5, 0.6) is 0 Å². The van der Waals surface area contributed by atoms with Crippen LogP contribution in [0.25, 0.3) is 0 Å². The Bertz CT molecular complexity index is 543. The van der Waals surface area contributed by atoms with Gasteiger partial charge in [-0.15, -0.1) is 0 Å². The molecule has 0 aromatic carbocycles. The molecule has 0 aliphatic heterocycles. The van der Waals surface area contributed by atoms with E-state index >= 15 is 0 Å². The summed E-state index contributed by atoms with van der Waals surface area (Å²) in [5.41, 5.74) is 5.66. The number of aliphatic hydroxyl groups excluding tert-OH is 1. The third-order valence-corrected chi connectivity index (χ3v) is 4.19. The highest BCUT2D eigenvalue weighted by molar-refractivity contribution is 5.37. The maximum atomic E-state index is 8.81. The van der Waals surface area contributed by atoms with E-state index in [0.717, 1.165) is 5.57 Å². The maximum Gasteiger partial charge on any atom is 0.290 e. The smallest absolute Gasteiger partial charge is 0.290 e. The summed E-state index contributed by atoms with van der Waals surface area (Å²) in [7, 11) is 0. The predicted molar refractivity (Wildman–Crippen MR) is 102 cm³/mol. The van der Waals surface area contributed by atoms with Crippen LogP contribution in [0, 0.1) is 5.41 Å². The number of rotatable bonds is 5. The molecule has 0 bridgehead atoms. The summed E-state index contributed by atoms with van der Waals surface area (Å²) in [6, 6.07) is 0. The van der Waals surface area contributed by atoms with Crippen LogP contribution in [-0.4, -0.2) is 23.3 Å². The van der Waals surface area contributed by atoms with Crippen LogP contribution in [0.1, 0.15) is 53.9 Å². The fourth-order valence-electron chi connectivity index (χ4n) is 2.84. The van der Waals surface area contributed by atoms with Gasteiger partial charge < -0.3 is 10.2 Å². The molecular weight excluding hydrogens is 300 g/mol. The second-order valence-electron chi connectivity index (χ2n) is 6.77. The van der Waals surface area contributed by atoms with Gasteiger partial charge in [0.15, 0.2) is 0 Å². The summed E-state index contributed by atoms with van der Waals surface area (Å²) in [5, 5.41) is 15.7. The Hall–Kier alpha value is -1.87. The Balaban J connectivity index is 0.00000163. The lowest BCUT2D eigenvalue weighted by Gasteiger charge is -2.32. The molecule has 0 unspecified atom stereocenters. The molecule has 0 fully saturated rings. The Kier molecular flexibility index (Phi) is 10.7. The first-order chi connectivity index (χ1) is 11.3. The fraction of sp³-hybridized carbons (Fsp3) is 0.476. The monoisotopic (exact) mass is 332 g/mol. The first-order valence-electron chi connectivity index (χ1n) is 8.37. The normalized spacial score (nSPS) is 18.8. The molecule has 0 heterocycles. The summed E-state index contributed by atoms with van der Waals surface area (Å²) in [6.07, 6.45) is 16.3. The third-order valence-electron chi connectivity index (χ3n) is 4.19. The van der Waals surface area contributed by atoms with Gasteiger partial charge >= 0.3 is 0 Å². The first-order valence-corrected chi connectivity index (χ1v) is 8.37. The van der Waals surface area contributed by atoms with Crippen LogP contribution in [0.3, 0.4) is 0 Å². The minimum absolute atomic E-state index is 0.0985. The van der Waals surface area contributed by atoms with Gasteiger partial charge in [-0.05, 0) is 51.0 Å². The highest BCUT2D eigenvalue weighted by atomic mass is 16.3. The number of carboxylic acid groups (broad SMARTS) is 1. The molecule has 0 saturated carbocycles. The van der Waals surface area contributed by atoms with E-state index in [4.69, 9.17) is 15.0 Å². The van der Waals surface area contributed by atoms with Crippen molar-refractivity contribution in [1.29, 1.82) is 0 Å². The second-order valence-corrected chi connectivity index (χ2v) is 6.77. The van der Waals surface area contributed by atoms with E-state index < -0.39 is 0 Å². The Labute approximate surface area is 146 Å². The van der Waals surface area contributed by atoms with Gasteiger partial charge in [0.25, 0.3) is 6.47 Å². The van der Waals surface area contributed by atoms with Crippen molar-refractivity contribution in [3.8, 4) is 0 Å². The average molecular weight is 332 g/mol. The Morgan fingerprint density at radius 2 is 1.83 bits per heavy atom. The van der Waals surface area contributed by atoms with Crippen molar-refractivity contribution in [2.45, 2.75) is 53.9 Å². The average Bonchev–Trinajstić information content (AvgIpc) is 2.47. The van der Waals surface area contributed by atoms with Crippen molar-refractivity contribution in [3.63, 3.8) is 0 Å². The van der Waals surface area contributed by atoms with E-state index in [1.165, 1.54) is 36.0 Å². The number of carbonyl (C=O) groups is 1. The van der Waals surface area contributed by atoms with Crippen molar-refractivity contribution in [1.82, 2.24) is 0 Å². The zero-order valence-corrected chi connectivity index (χ0v) is 15.7. The van der Waals surface area contributed by atoms with Crippen LogP contribution in [-0.2, 0) is 4.79 Å². The Morgan fingerprint density at radius 1 is 1.21 bits per heavy atom. The van der Waals surface area contributed by atoms with E-state index in [2.05, 4.69) is 45.9 Å². The number of hydrogen-bond acceptors (Lipinski definition) is 2. The van der Waals surface area contributed by atoms with Gasteiger partial charge in [0.1, 0.15) is 0 Å². The quantitative estimate of drug-likeness (QED) is 0.536. The van der Waals surface area contributed by atoms with Crippen molar-refractivity contribution >= 4 is 6.47 Å². The highest BCUT2D eigenvalue weighted by Gasteiger charge is 2.26. The van der Waals surface area contributed by atoms with Crippen LogP contribution in [0.4, 0.5) is 0 Å². The van der Waals surface area contributed by atoms with E-state index in [-0.39, 0.29) is 13.1 Å². The minimum atomic E-state index is -0.250. The van der Waals surface area contributed by atoms with E-state index in [0.29, 0.717) is 5.41 Å². The van der Waals surface area contributed by atoms with Gasteiger partial charge in [-0.3, -0.25) is 4.79 Å². The maximum absolute atomic E-state index is 8.81. The molecule has 0 saturated heterocycles. The third kappa shape index (κ3) is 8.68. The van der Waals surface area contributed by atoms with Crippen LogP contribution < -0.4 is 0 Å². The molecular formula is C21H32O3. The Morgan fingerprint density at radius 3 is 2.38 bits per heavy atom. The SMILES string of the molecule is CC1=C(/C=C/C(C)=C/C=C/C(C)=C/CO)C(C)(C)CCC1.O=CO. The lowest BCUT2D eigenvalue weighted by atomic mass is 9.72. The van der Waals surface area contributed by atoms with Crippen molar-refractivity contribution in [3.05, 3.63) is 58.7 Å². The summed E-state index contributed by atoms with van der Waals surface area (Å²) in [5.74, 6) is 0. The molecule has 0 spiro atoms. The van der Waals surface area contributed by atoms with Gasteiger partial charge in [-0.25, -0.2) is 0 Å². The highest BCUT2D eigenvalue weighted by Crippen LogP contribution is 2.40. The van der Waals surface area contributed by atoms with E-state index in [9.17, 15) is 0 Å². The summed E-state index contributed by atoms with van der Waals surface area (Å²) in [6.45, 7) is 10.9. The zero-order chi connectivity index (χ0) is 18.6. The number of allylic oxidation sites excluding steroid dienone is 9. The molecule has 0 atom stereocenters. The standard InChI is InChI=1S/C20H30O.CH2O2/c1-16(8-6-9-17(2)13-15-21)11-12-19-18(3)10-7-14-20(19,4)5;2-1-3/h6,8-9,11-13,21H,7,10,14-15H2,1-5H3;1H,(H,2,3)/b9-6+,12-11+,16-8+,17-13+;. The largest absolute Gasteiger partial charge is 0.483 e. The summed E-state index contributed by atoms with van der Waals surface area (Å²) in [4.78, 5) is 8.36. The van der Waals surface area contributed by atoms with Crippen LogP contribution in [0.15, 0.2) is 58.7 Å². The van der Waals surface area contributed by atoms with Crippen molar-refractivity contribution in [2.75, 3.05) is 6.61 Å². The number of hydrogen-bond donors (Lipinski definition) is 2. The zero-order valence-electron chi connectivity index (χ0n) is 15.7. The molecule has 2 N–H and O–H groups in total. The molecule has 134 valence electrons. The molecule has 3 nitrogen and oxygen atoms in total. The minimum Gasteiger partial charge on any atom is -0.483 e. The topological polar surface area (TPSA) is 57.5 Å². The number of aliphatic hydroxyl groups is 1. The molecule has 0 amide bonds. The molecule has 0 aromatic heterocycles. The van der Waals surface area contributed by atoms with Crippen molar-refractivity contribution < 1.29 is 15.0 Å². The van der Waals surface area contributed by atoms with Gasteiger partial charge in [0.05, 0.1) is 6.61 Å². The molecule has 3 heteroatoms. The predicted octanol–water partition coefficient (Wildman–Crippen LogP) is 5.21. The van der Waals surface area contributed by atoms with E-state index in [1.54, 1.807) is 6.08 Å². The molecule has 24 heavy (non-hydrogen) atoms. The first kappa shape index (κ1) is 22.1.